The second-order valence-corrected chi connectivity index (χ2v) is 5.38. The molecule has 19 heavy (non-hydrogen) atoms. The van der Waals surface area contributed by atoms with Gasteiger partial charge >= 0.3 is 18.2 Å². The summed E-state index contributed by atoms with van der Waals surface area (Å²) in [7, 11) is 0. The number of halogens is 3. The zero-order valence-electron chi connectivity index (χ0n) is 11.0. The summed E-state index contributed by atoms with van der Waals surface area (Å²) in [5.41, 5.74) is -0.676. The van der Waals surface area contributed by atoms with Crippen molar-refractivity contribution in [3.8, 4) is 0 Å². The Morgan fingerprint density at radius 3 is 2.32 bits per heavy atom. The summed E-state index contributed by atoms with van der Waals surface area (Å²) >= 11 is 0. The van der Waals surface area contributed by atoms with Gasteiger partial charge < -0.3 is 15.0 Å². The Morgan fingerprint density at radius 1 is 1.26 bits per heavy atom. The number of nitrogens with one attached hydrogen (secondary N) is 1. The first-order valence-corrected chi connectivity index (χ1v) is 5.84. The maximum absolute atomic E-state index is 12.2. The van der Waals surface area contributed by atoms with Crippen molar-refractivity contribution in [1.29, 1.82) is 0 Å². The number of rotatable bonds is 1. The van der Waals surface area contributed by atoms with Crippen LogP contribution in [0.25, 0.3) is 0 Å². The summed E-state index contributed by atoms with van der Waals surface area (Å²) in [6.45, 7) is 4.86. The first kappa shape index (κ1) is 15.6. The second kappa shape index (κ2) is 5.26. The summed E-state index contributed by atoms with van der Waals surface area (Å²) in [6.07, 6.45) is -5.29. The molecule has 8 heteroatoms. The average Bonchev–Trinajstić information content (AvgIpc) is 2.60. The zero-order chi connectivity index (χ0) is 14.8. The molecule has 0 bridgehead atoms. The first-order valence-electron chi connectivity index (χ1n) is 5.84. The summed E-state index contributed by atoms with van der Waals surface area (Å²) in [4.78, 5) is 23.1. The molecule has 110 valence electrons. The van der Waals surface area contributed by atoms with Crippen LogP contribution in [-0.2, 0) is 9.53 Å². The van der Waals surface area contributed by atoms with Gasteiger partial charge in [0.15, 0.2) is 0 Å². The molecule has 5 nitrogen and oxygen atoms in total. The highest BCUT2D eigenvalue weighted by atomic mass is 19.4. The minimum absolute atomic E-state index is 0.0290. The maximum atomic E-state index is 12.2. The molecule has 1 aliphatic heterocycles. The third kappa shape index (κ3) is 4.96. The van der Waals surface area contributed by atoms with Crippen molar-refractivity contribution in [2.45, 2.75) is 45.0 Å². The van der Waals surface area contributed by atoms with Crippen molar-refractivity contribution >= 4 is 12.0 Å². The number of alkyl carbamates (subject to hydrolysis) is 1. The number of hydrogen-bond acceptors (Lipinski definition) is 3. The molecule has 0 spiro atoms. The lowest BCUT2D eigenvalue weighted by Crippen LogP contribution is -2.44. The molecule has 1 N–H and O–H groups in total. The molecule has 1 atom stereocenters. The van der Waals surface area contributed by atoms with Crippen LogP contribution in [0.5, 0.6) is 0 Å². The Bertz CT molecular complexity index is 363. The lowest BCUT2D eigenvalue weighted by Gasteiger charge is -2.22. The number of alkyl halides is 3. The SMILES string of the molecule is CC(C)(C)OC(=O)NC1CCN(C(=O)C(F)(F)F)C1. The minimum atomic E-state index is -4.87. The molecular weight excluding hydrogens is 265 g/mol. The van der Waals surface area contributed by atoms with Crippen LogP contribution < -0.4 is 5.32 Å². The molecule has 0 radical (unpaired) electrons. The third-order valence-corrected chi connectivity index (χ3v) is 2.44. The number of hydrogen-bond donors (Lipinski definition) is 1. The number of carbonyl (C=O) groups is 2. The van der Waals surface area contributed by atoms with E-state index in [2.05, 4.69) is 5.32 Å². The van der Waals surface area contributed by atoms with E-state index in [0.29, 0.717) is 4.90 Å². The largest absolute Gasteiger partial charge is 0.471 e. The van der Waals surface area contributed by atoms with Gasteiger partial charge in [-0.2, -0.15) is 13.2 Å². The molecule has 1 unspecified atom stereocenters. The normalized spacial score (nSPS) is 20.3. The van der Waals surface area contributed by atoms with Gasteiger partial charge in [0.2, 0.25) is 0 Å². The molecule has 0 aliphatic carbocycles. The monoisotopic (exact) mass is 282 g/mol. The lowest BCUT2D eigenvalue weighted by molar-refractivity contribution is -0.184. The van der Waals surface area contributed by atoms with Gasteiger partial charge in [-0.1, -0.05) is 0 Å². The number of ether oxygens (including phenoxy) is 1. The lowest BCUT2D eigenvalue weighted by atomic mass is 10.2. The fourth-order valence-electron chi connectivity index (χ4n) is 1.72. The highest BCUT2D eigenvalue weighted by Gasteiger charge is 2.44. The van der Waals surface area contributed by atoms with E-state index in [1.54, 1.807) is 20.8 Å². The quantitative estimate of drug-likeness (QED) is 0.796. The predicted octanol–water partition coefficient (Wildman–Crippen LogP) is 1.67. The minimum Gasteiger partial charge on any atom is -0.444 e. The van der Waals surface area contributed by atoms with Crippen LogP contribution in [0, 0.1) is 0 Å². The number of nitrogens with zero attached hydrogens (tertiary/aromatic N) is 1. The third-order valence-electron chi connectivity index (χ3n) is 2.44. The standard InChI is InChI=1S/C11H17F3N2O3/c1-10(2,3)19-9(18)15-7-4-5-16(6-7)8(17)11(12,13)14/h7H,4-6H2,1-3H3,(H,15,18). The van der Waals surface area contributed by atoms with E-state index in [1.807, 2.05) is 0 Å². The molecule has 0 saturated carbocycles. The van der Waals surface area contributed by atoms with E-state index < -0.39 is 29.8 Å². The zero-order valence-corrected chi connectivity index (χ0v) is 11.0. The number of likely N-dealkylation sites (tertiary alicyclic amines) is 1. The fraction of sp³-hybridized carbons (Fsp3) is 0.818. The fourth-order valence-corrected chi connectivity index (χ4v) is 1.72. The molecule has 1 fully saturated rings. The van der Waals surface area contributed by atoms with Crippen molar-refractivity contribution in [3.63, 3.8) is 0 Å². The van der Waals surface area contributed by atoms with Crippen LogP contribution in [0.4, 0.5) is 18.0 Å². The Hall–Kier alpha value is -1.47. The molecule has 1 heterocycles. The van der Waals surface area contributed by atoms with Gasteiger partial charge in [-0.25, -0.2) is 4.79 Å². The maximum Gasteiger partial charge on any atom is 0.471 e. The molecular formula is C11H17F3N2O3. The average molecular weight is 282 g/mol. The number of carbonyl (C=O) groups excluding carboxylic acids is 2. The Kier molecular flexibility index (Phi) is 4.32. The van der Waals surface area contributed by atoms with E-state index in [-0.39, 0.29) is 19.5 Å². The molecule has 1 aliphatic rings. The van der Waals surface area contributed by atoms with Crippen LogP contribution >= 0.6 is 0 Å². The molecule has 1 rings (SSSR count). The number of amides is 2. The van der Waals surface area contributed by atoms with Gasteiger partial charge in [-0.3, -0.25) is 4.79 Å². The van der Waals surface area contributed by atoms with Gasteiger partial charge in [0, 0.05) is 13.1 Å². The van der Waals surface area contributed by atoms with Crippen molar-refractivity contribution in [2.24, 2.45) is 0 Å². The van der Waals surface area contributed by atoms with Gasteiger partial charge in [0.25, 0.3) is 0 Å². The van der Waals surface area contributed by atoms with Gasteiger partial charge in [0.1, 0.15) is 5.60 Å². The molecule has 0 aromatic rings. The van der Waals surface area contributed by atoms with Crippen LogP contribution in [0.1, 0.15) is 27.2 Å². The molecule has 0 aromatic carbocycles. The van der Waals surface area contributed by atoms with E-state index in [9.17, 15) is 22.8 Å². The van der Waals surface area contributed by atoms with Gasteiger partial charge in [0.05, 0.1) is 6.04 Å². The summed E-state index contributed by atoms with van der Waals surface area (Å²) < 4.78 is 41.6. The van der Waals surface area contributed by atoms with Crippen LogP contribution in [0.2, 0.25) is 0 Å². The summed E-state index contributed by atoms with van der Waals surface area (Å²) in [5.74, 6) is -1.87. The topological polar surface area (TPSA) is 58.6 Å². The molecule has 2 amide bonds. The van der Waals surface area contributed by atoms with E-state index >= 15 is 0 Å². The highest BCUT2D eigenvalue weighted by Crippen LogP contribution is 2.21. The smallest absolute Gasteiger partial charge is 0.444 e. The van der Waals surface area contributed by atoms with Crippen LogP contribution in [-0.4, -0.2) is 47.8 Å². The van der Waals surface area contributed by atoms with Crippen molar-refractivity contribution in [3.05, 3.63) is 0 Å². The summed E-state index contributed by atoms with van der Waals surface area (Å²) in [5, 5.41) is 2.45. The van der Waals surface area contributed by atoms with E-state index in [4.69, 9.17) is 4.74 Å². The Morgan fingerprint density at radius 2 is 1.84 bits per heavy atom. The van der Waals surface area contributed by atoms with Crippen molar-refractivity contribution < 1.29 is 27.5 Å². The summed E-state index contributed by atoms with van der Waals surface area (Å²) in [6, 6.07) is -0.513. The highest BCUT2D eigenvalue weighted by molar-refractivity contribution is 5.82. The predicted molar refractivity (Wildman–Crippen MR) is 60.4 cm³/mol. The van der Waals surface area contributed by atoms with Crippen LogP contribution in [0.15, 0.2) is 0 Å². The molecule has 0 aromatic heterocycles. The van der Waals surface area contributed by atoms with Gasteiger partial charge in [-0.05, 0) is 27.2 Å². The van der Waals surface area contributed by atoms with Crippen molar-refractivity contribution in [2.75, 3.05) is 13.1 Å². The second-order valence-electron chi connectivity index (χ2n) is 5.38. The van der Waals surface area contributed by atoms with E-state index in [1.165, 1.54) is 0 Å². The molecule has 1 saturated heterocycles. The van der Waals surface area contributed by atoms with Gasteiger partial charge in [-0.15, -0.1) is 0 Å². The Balaban J connectivity index is 2.45. The van der Waals surface area contributed by atoms with E-state index in [0.717, 1.165) is 0 Å². The Labute approximate surface area is 109 Å². The van der Waals surface area contributed by atoms with Crippen molar-refractivity contribution in [1.82, 2.24) is 10.2 Å². The van der Waals surface area contributed by atoms with Crippen LogP contribution in [0.3, 0.4) is 0 Å². The first-order chi connectivity index (χ1) is 8.49.